The molecule has 1 aliphatic carbocycles. The van der Waals surface area contributed by atoms with Gasteiger partial charge >= 0.3 is 0 Å². The molecule has 0 radical (unpaired) electrons. The highest BCUT2D eigenvalue weighted by Crippen LogP contribution is 2.28. The molecule has 0 aliphatic heterocycles. The number of fused-ring (bicyclic) bond motifs is 1. The maximum Gasteiger partial charge on any atom is 0.225 e. The van der Waals surface area contributed by atoms with E-state index in [9.17, 15) is 0 Å². The smallest absolute Gasteiger partial charge is 0.225 e. The predicted octanol–water partition coefficient (Wildman–Crippen LogP) is 5.81. The minimum Gasteiger partial charge on any atom is -0.362 e. The number of nitrogens with one attached hydrogen (secondary N) is 2. The third kappa shape index (κ3) is 5.83. The molecule has 0 bridgehead atoms. The molecular formula is C25H31Cl2N5. The van der Waals surface area contributed by atoms with Gasteiger partial charge in [0.25, 0.3) is 0 Å². The molecule has 7 heteroatoms. The van der Waals surface area contributed by atoms with Gasteiger partial charge in [-0.15, -0.1) is 0 Å². The van der Waals surface area contributed by atoms with Gasteiger partial charge in [0.2, 0.25) is 5.95 Å². The van der Waals surface area contributed by atoms with Crippen LogP contribution in [-0.2, 0) is 6.42 Å². The predicted molar refractivity (Wildman–Crippen MR) is 136 cm³/mol. The third-order valence-electron chi connectivity index (χ3n) is 6.19. The van der Waals surface area contributed by atoms with Gasteiger partial charge in [-0.05, 0) is 80.9 Å². The van der Waals surface area contributed by atoms with Gasteiger partial charge in [-0.1, -0.05) is 41.4 Å². The van der Waals surface area contributed by atoms with Crippen LogP contribution in [0.15, 0.2) is 42.5 Å². The standard InChI is InChI=1S/C25H31Cl2N5/c1-32(2)24-20-5-3-4-6-23(20)30-25(31-24)29-19-10-7-18(8-11-19)16-28-14-13-17-9-12-21(26)22(27)15-17/h3-6,9,12,15,18-19,28H,7-8,10-11,13-14,16H2,1-2H3,(H,29,30,31)/t18-,19+. The van der Waals surface area contributed by atoms with Crippen molar-refractivity contribution in [1.82, 2.24) is 15.3 Å². The fraction of sp³-hybridized carbons (Fsp3) is 0.440. The summed E-state index contributed by atoms with van der Waals surface area (Å²) in [6, 6.07) is 14.5. The Balaban J connectivity index is 1.24. The largest absolute Gasteiger partial charge is 0.362 e. The Hall–Kier alpha value is -2.08. The number of benzene rings is 2. The number of aromatic nitrogens is 2. The van der Waals surface area contributed by atoms with Crippen molar-refractivity contribution in [1.29, 1.82) is 0 Å². The molecule has 5 nitrogen and oxygen atoms in total. The zero-order valence-corrected chi connectivity index (χ0v) is 20.3. The zero-order chi connectivity index (χ0) is 22.5. The van der Waals surface area contributed by atoms with Crippen LogP contribution in [0.2, 0.25) is 10.0 Å². The molecule has 4 rings (SSSR count). The Morgan fingerprint density at radius 1 is 0.969 bits per heavy atom. The summed E-state index contributed by atoms with van der Waals surface area (Å²) in [4.78, 5) is 11.6. The molecule has 0 spiro atoms. The van der Waals surface area contributed by atoms with E-state index in [0.29, 0.717) is 16.1 Å². The van der Waals surface area contributed by atoms with Crippen LogP contribution in [0.4, 0.5) is 11.8 Å². The quantitative estimate of drug-likeness (QED) is 0.406. The Bertz CT molecular complexity index is 1050. The molecule has 32 heavy (non-hydrogen) atoms. The van der Waals surface area contributed by atoms with Gasteiger partial charge in [-0.2, -0.15) is 4.98 Å². The van der Waals surface area contributed by atoms with E-state index in [-0.39, 0.29) is 0 Å². The van der Waals surface area contributed by atoms with Gasteiger partial charge in [0.1, 0.15) is 5.82 Å². The lowest BCUT2D eigenvalue weighted by Gasteiger charge is -2.29. The van der Waals surface area contributed by atoms with Crippen molar-refractivity contribution in [3.8, 4) is 0 Å². The monoisotopic (exact) mass is 471 g/mol. The molecule has 1 heterocycles. The molecule has 1 aromatic heterocycles. The van der Waals surface area contributed by atoms with Crippen molar-refractivity contribution >= 4 is 45.9 Å². The second-order valence-corrected chi connectivity index (χ2v) is 9.66. The fourth-order valence-corrected chi connectivity index (χ4v) is 4.71. The number of hydrogen-bond acceptors (Lipinski definition) is 5. The summed E-state index contributed by atoms with van der Waals surface area (Å²) in [6.45, 7) is 2.01. The molecule has 2 N–H and O–H groups in total. The molecule has 3 aromatic rings. The second kappa shape index (κ2) is 10.7. The van der Waals surface area contributed by atoms with E-state index in [1.807, 2.05) is 44.4 Å². The molecule has 0 unspecified atom stereocenters. The molecular weight excluding hydrogens is 441 g/mol. The van der Waals surface area contributed by atoms with Gasteiger partial charge in [-0.25, -0.2) is 4.98 Å². The van der Waals surface area contributed by atoms with Crippen molar-refractivity contribution in [2.24, 2.45) is 5.92 Å². The van der Waals surface area contributed by atoms with Crippen LogP contribution in [0.1, 0.15) is 31.2 Å². The molecule has 2 aromatic carbocycles. The van der Waals surface area contributed by atoms with E-state index < -0.39 is 0 Å². The van der Waals surface area contributed by atoms with Crippen LogP contribution in [0.3, 0.4) is 0 Å². The van der Waals surface area contributed by atoms with Gasteiger partial charge in [-0.3, -0.25) is 0 Å². The van der Waals surface area contributed by atoms with Crippen molar-refractivity contribution in [3.05, 3.63) is 58.1 Å². The van der Waals surface area contributed by atoms with Crippen LogP contribution in [0, 0.1) is 5.92 Å². The van der Waals surface area contributed by atoms with E-state index in [2.05, 4.69) is 27.7 Å². The first kappa shape index (κ1) is 23.1. The van der Waals surface area contributed by atoms with Gasteiger partial charge in [0, 0.05) is 25.5 Å². The van der Waals surface area contributed by atoms with Gasteiger partial charge in [0.05, 0.1) is 15.6 Å². The average molecular weight is 472 g/mol. The first-order valence-corrected chi connectivity index (χ1v) is 12.1. The van der Waals surface area contributed by atoms with E-state index >= 15 is 0 Å². The lowest BCUT2D eigenvalue weighted by atomic mass is 9.86. The number of hydrogen-bond donors (Lipinski definition) is 2. The molecule has 1 saturated carbocycles. The number of rotatable bonds is 8. The van der Waals surface area contributed by atoms with Crippen molar-refractivity contribution < 1.29 is 0 Å². The van der Waals surface area contributed by atoms with Crippen LogP contribution in [-0.4, -0.2) is 43.2 Å². The molecule has 0 saturated heterocycles. The summed E-state index contributed by atoms with van der Waals surface area (Å²) in [5.74, 6) is 2.41. The molecule has 0 atom stereocenters. The first-order valence-electron chi connectivity index (χ1n) is 11.3. The molecule has 170 valence electrons. The summed E-state index contributed by atoms with van der Waals surface area (Å²) in [5, 5.41) is 9.53. The highest BCUT2D eigenvalue weighted by atomic mass is 35.5. The van der Waals surface area contributed by atoms with E-state index in [1.54, 1.807) is 0 Å². The minimum absolute atomic E-state index is 0.429. The molecule has 1 fully saturated rings. The number of nitrogens with zero attached hydrogens (tertiary/aromatic N) is 3. The topological polar surface area (TPSA) is 53.1 Å². The highest BCUT2D eigenvalue weighted by Gasteiger charge is 2.22. The van der Waals surface area contributed by atoms with Crippen molar-refractivity contribution in [3.63, 3.8) is 0 Å². The Morgan fingerprint density at radius 2 is 1.75 bits per heavy atom. The number of para-hydroxylation sites is 1. The third-order valence-corrected chi connectivity index (χ3v) is 6.93. The summed E-state index contributed by atoms with van der Waals surface area (Å²) >= 11 is 12.1. The maximum atomic E-state index is 6.10. The Morgan fingerprint density at radius 3 is 2.50 bits per heavy atom. The normalized spacial score (nSPS) is 18.6. The maximum absolute atomic E-state index is 6.10. The van der Waals surface area contributed by atoms with Crippen LogP contribution in [0.5, 0.6) is 0 Å². The first-order chi connectivity index (χ1) is 15.5. The fourth-order valence-electron chi connectivity index (χ4n) is 4.39. The lowest BCUT2D eigenvalue weighted by Crippen LogP contribution is -2.32. The average Bonchev–Trinajstić information content (AvgIpc) is 2.79. The van der Waals surface area contributed by atoms with Crippen LogP contribution < -0.4 is 15.5 Å². The van der Waals surface area contributed by atoms with Crippen molar-refractivity contribution in [2.75, 3.05) is 37.4 Å². The zero-order valence-electron chi connectivity index (χ0n) is 18.7. The number of halogens is 2. The van der Waals surface area contributed by atoms with E-state index in [0.717, 1.165) is 60.9 Å². The van der Waals surface area contributed by atoms with Crippen LogP contribution >= 0.6 is 23.2 Å². The van der Waals surface area contributed by atoms with E-state index in [4.69, 9.17) is 33.2 Å². The SMILES string of the molecule is CN(C)c1nc(N[C@H]2CC[C@@H](CNCCc3ccc(Cl)c(Cl)c3)CC2)nc2ccccc12. The van der Waals surface area contributed by atoms with Gasteiger partial charge in [0.15, 0.2) is 0 Å². The number of anilines is 2. The van der Waals surface area contributed by atoms with Gasteiger partial charge < -0.3 is 15.5 Å². The Labute approximate surface area is 200 Å². The lowest BCUT2D eigenvalue weighted by molar-refractivity contribution is 0.325. The summed E-state index contributed by atoms with van der Waals surface area (Å²) < 4.78 is 0. The minimum atomic E-state index is 0.429. The molecule has 1 aliphatic rings. The summed E-state index contributed by atoms with van der Waals surface area (Å²) in [7, 11) is 4.05. The van der Waals surface area contributed by atoms with Crippen molar-refractivity contribution in [2.45, 2.75) is 38.1 Å². The summed E-state index contributed by atoms with van der Waals surface area (Å²) in [5.41, 5.74) is 2.20. The van der Waals surface area contributed by atoms with E-state index in [1.165, 1.54) is 18.4 Å². The van der Waals surface area contributed by atoms with Crippen LogP contribution in [0.25, 0.3) is 10.9 Å². The Kier molecular flexibility index (Phi) is 7.71. The molecule has 0 amide bonds. The highest BCUT2D eigenvalue weighted by molar-refractivity contribution is 6.42. The second-order valence-electron chi connectivity index (χ2n) is 8.85. The summed E-state index contributed by atoms with van der Waals surface area (Å²) in [6.07, 6.45) is 5.68.